The Labute approximate surface area is 55.4 Å². The van der Waals surface area contributed by atoms with E-state index in [2.05, 4.69) is 9.97 Å². The van der Waals surface area contributed by atoms with Gasteiger partial charge in [-0.3, -0.25) is 0 Å². The highest BCUT2D eigenvalue weighted by molar-refractivity contribution is 7.59. The van der Waals surface area contributed by atoms with E-state index in [1.807, 2.05) is 6.92 Å². The fraction of sp³-hybridized carbons (Fsp3) is 0.200. The van der Waals surface area contributed by atoms with Gasteiger partial charge in [-0.1, -0.05) is 0 Å². The molecule has 0 bridgehead atoms. The lowest BCUT2D eigenvalue weighted by Crippen LogP contribution is -1.80. The molecule has 0 amide bonds. The van der Waals surface area contributed by atoms with Crippen molar-refractivity contribution in [2.24, 2.45) is 0 Å². The smallest absolute Gasteiger partial charge is 0.125 e. The van der Waals surface area contributed by atoms with Gasteiger partial charge in [0, 0.05) is 12.4 Å². The first-order valence-corrected chi connectivity index (χ1v) is 2.13. The summed E-state index contributed by atoms with van der Waals surface area (Å²) in [7, 11) is 0. The summed E-state index contributed by atoms with van der Waals surface area (Å²) in [6.45, 7) is 1.86. The van der Waals surface area contributed by atoms with Crippen LogP contribution in [0.25, 0.3) is 0 Å². The van der Waals surface area contributed by atoms with Crippen molar-refractivity contribution in [2.45, 2.75) is 6.92 Å². The second-order valence-electron chi connectivity index (χ2n) is 1.30. The average Bonchev–Trinajstić information content (AvgIpc) is 1.69. The maximum atomic E-state index is 3.87. The largest absolute Gasteiger partial charge is 0.242 e. The van der Waals surface area contributed by atoms with Crippen molar-refractivity contribution in [2.75, 3.05) is 0 Å². The zero-order chi connectivity index (χ0) is 5.11. The van der Waals surface area contributed by atoms with E-state index in [0.717, 1.165) is 5.82 Å². The van der Waals surface area contributed by atoms with Gasteiger partial charge in [-0.05, 0) is 13.0 Å². The van der Waals surface area contributed by atoms with Crippen LogP contribution in [0.15, 0.2) is 18.5 Å². The number of aryl methyl sites for hydroxylation is 1. The van der Waals surface area contributed by atoms with E-state index in [9.17, 15) is 0 Å². The molecule has 0 aliphatic rings. The predicted molar refractivity (Wildman–Crippen MR) is 37.2 cm³/mol. The Balaban J connectivity index is 0.000000490. The van der Waals surface area contributed by atoms with Crippen molar-refractivity contribution in [3.05, 3.63) is 24.3 Å². The van der Waals surface area contributed by atoms with E-state index < -0.39 is 0 Å². The summed E-state index contributed by atoms with van der Waals surface area (Å²) in [5, 5.41) is 0. The fourth-order valence-corrected chi connectivity index (χ4v) is 0.374. The van der Waals surface area contributed by atoms with E-state index in [4.69, 9.17) is 0 Å². The third-order valence-electron chi connectivity index (χ3n) is 0.695. The molecule has 1 rings (SSSR count). The van der Waals surface area contributed by atoms with Crippen LogP contribution in [0.4, 0.5) is 0 Å². The van der Waals surface area contributed by atoms with Gasteiger partial charge in [0.25, 0.3) is 0 Å². The Bertz CT molecular complexity index is 140. The summed E-state index contributed by atoms with van der Waals surface area (Å²) < 4.78 is 0. The first-order chi connectivity index (χ1) is 3.39. The van der Waals surface area contributed by atoms with Gasteiger partial charge in [-0.25, -0.2) is 9.97 Å². The summed E-state index contributed by atoms with van der Waals surface area (Å²) in [6.07, 6.45) is 3.45. The molecule has 1 heterocycles. The van der Waals surface area contributed by atoms with E-state index in [-0.39, 0.29) is 13.5 Å². The molecule has 0 aliphatic heterocycles. The lowest BCUT2D eigenvalue weighted by Gasteiger charge is -1.81. The Morgan fingerprint density at radius 2 is 1.75 bits per heavy atom. The lowest BCUT2D eigenvalue weighted by atomic mass is 10.6. The molecule has 2 nitrogen and oxygen atoms in total. The van der Waals surface area contributed by atoms with Crippen LogP contribution in [0.5, 0.6) is 0 Å². The number of rotatable bonds is 0. The number of aromatic nitrogens is 2. The van der Waals surface area contributed by atoms with Gasteiger partial charge in [0.05, 0.1) is 0 Å². The molecule has 0 spiro atoms. The minimum absolute atomic E-state index is 0. The molecular formula is C5H8N2S. The predicted octanol–water partition coefficient (Wildman–Crippen LogP) is 0.898. The monoisotopic (exact) mass is 128 g/mol. The number of hydrogen-bond donors (Lipinski definition) is 0. The number of nitrogens with zero attached hydrogens (tertiary/aromatic N) is 2. The first kappa shape index (κ1) is 7.43. The quantitative estimate of drug-likeness (QED) is 0.518. The van der Waals surface area contributed by atoms with Crippen molar-refractivity contribution in [3.63, 3.8) is 0 Å². The van der Waals surface area contributed by atoms with E-state index in [0.29, 0.717) is 0 Å². The van der Waals surface area contributed by atoms with Crippen LogP contribution in [0, 0.1) is 6.92 Å². The minimum atomic E-state index is 0. The second-order valence-corrected chi connectivity index (χ2v) is 1.30. The number of hydrogen-bond acceptors (Lipinski definition) is 2. The van der Waals surface area contributed by atoms with Crippen molar-refractivity contribution >= 4 is 13.5 Å². The minimum Gasteiger partial charge on any atom is -0.242 e. The third kappa shape index (κ3) is 1.93. The standard InChI is InChI=1S/C5H6N2.H2S/c1-5-6-3-2-4-7-5;/h2-4H,1H3;1H2. The molecule has 0 aromatic carbocycles. The molecule has 0 fully saturated rings. The molecule has 0 aliphatic carbocycles. The van der Waals surface area contributed by atoms with Crippen LogP contribution >= 0.6 is 13.5 Å². The fourth-order valence-electron chi connectivity index (χ4n) is 0.374. The first-order valence-electron chi connectivity index (χ1n) is 2.13. The topological polar surface area (TPSA) is 25.8 Å². The normalized spacial score (nSPS) is 7.62. The Morgan fingerprint density at radius 1 is 1.25 bits per heavy atom. The highest BCUT2D eigenvalue weighted by Gasteiger charge is 1.74. The van der Waals surface area contributed by atoms with Crippen LogP contribution in [0.3, 0.4) is 0 Å². The van der Waals surface area contributed by atoms with Crippen LogP contribution in [0.2, 0.25) is 0 Å². The van der Waals surface area contributed by atoms with Gasteiger partial charge in [0.15, 0.2) is 0 Å². The van der Waals surface area contributed by atoms with E-state index >= 15 is 0 Å². The third-order valence-corrected chi connectivity index (χ3v) is 0.695. The molecule has 1 aromatic heterocycles. The Kier molecular flexibility index (Phi) is 3.19. The van der Waals surface area contributed by atoms with Crippen LogP contribution < -0.4 is 0 Å². The molecule has 3 heteroatoms. The molecule has 0 saturated heterocycles. The van der Waals surface area contributed by atoms with E-state index in [1.165, 1.54) is 0 Å². The molecular weight excluding hydrogens is 120 g/mol. The summed E-state index contributed by atoms with van der Waals surface area (Å²) in [6, 6.07) is 1.80. The molecule has 0 N–H and O–H groups in total. The molecule has 0 atom stereocenters. The second kappa shape index (κ2) is 3.43. The van der Waals surface area contributed by atoms with Gasteiger partial charge in [0.2, 0.25) is 0 Å². The van der Waals surface area contributed by atoms with E-state index in [1.54, 1.807) is 18.5 Å². The van der Waals surface area contributed by atoms with Crippen LogP contribution in [-0.4, -0.2) is 9.97 Å². The highest BCUT2D eigenvalue weighted by Crippen LogP contribution is 1.78. The zero-order valence-corrected chi connectivity index (χ0v) is 5.63. The van der Waals surface area contributed by atoms with Crippen molar-refractivity contribution in [3.8, 4) is 0 Å². The van der Waals surface area contributed by atoms with Crippen molar-refractivity contribution in [1.29, 1.82) is 0 Å². The van der Waals surface area contributed by atoms with Gasteiger partial charge < -0.3 is 0 Å². The van der Waals surface area contributed by atoms with Gasteiger partial charge in [0.1, 0.15) is 5.82 Å². The Morgan fingerprint density at radius 3 is 2.00 bits per heavy atom. The van der Waals surface area contributed by atoms with Crippen molar-refractivity contribution in [1.82, 2.24) is 9.97 Å². The molecule has 44 valence electrons. The Hall–Kier alpha value is -0.570. The summed E-state index contributed by atoms with van der Waals surface area (Å²) in [4.78, 5) is 7.74. The SMILES string of the molecule is Cc1ncccn1.S. The highest BCUT2D eigenvalue weighted by atomic mass is 32.1. The molecule has 1 aromatic rings. The average molecular weight is 128 g/mol. The van der Waals surface area contributed by atoms with Gasteiger partial charge in [-0.15, -0.1) is 0 Å². The molecule has 0 unspecified atom stereocenters. The molecule has 8 heavy (non-hydrogen) atoms. The maximum Gasteiger partial charge on any atom is 0.125 e. The van der Waals surface area contributed by atoms with Gasteiger partial charge in [-0.2, -0.15) is 13.5 Å². The summed E-state index contributed by atoms with van der Waals surface area (Å²) in [5.41, 5.74) is 0. The zero-order valence-electron chi connectivity index (χ0n) is 4.63. The van der Waals surface area contributed by atoms with Crippen LogP contribution in [-0.2, 0) is 0 Å². The molecule has 0 radical (unpaired) electrons. The van der Waals surface area contributed by atoms with Crippen LogP contribution in [0.1, 0.15) is 5.82 Å². The summed E-state index contributed by atoms with van der Waals surface area (Å²) in [5.74, 6) is 0.822. The lowest BCUT2D eigenvalue weighted by molar-refractivity contribution is 1.05. The van der Waals surface area contributed by atoms with Gasteiger partial charge >= 0.3 is 0 Å². The van der Waals surface area contributed by atoms with Crippen molar-refractivity contribution < 1.29 is 0 Å². The molecule has 0 saturated carbocycles. The maximum absolute atomic E-state index is 3.87. The summed E-state index contributed by atoms with van der Waals surface area (Å²) >= 11 is 0.